The molecule has 0 saturated heterocycles. The Bertz CT molecular complexity index is 381. The highest BCUT2D eigenvalue weighted by Crippen LogP contribution is 2.29. The average molecular weight is 233 g/mol. The molecule has 1 aliphatic heterocycles. The number of aliphatic hydroxyl groups excluding tert-OH is 1. The second-order valence-electron chi connectivity index (χ2n) is 6.04. The topological polar surface area (TPSA) is 23.5 Å². The van der Waals surface area contributed by atoms with E-state index in [0.717, 1.165) is 25.9 Å². The summed E-state index contributed by atoms with van der Waals surface area (Å²) >= 11 is 0. The molecule has 2 rings (SSSR count). The molecule has 0 saturated carbocycles. The van der Waals surface area contributed by atoms with Crippen LogP contribution in [0.5, 0.6) is 0 Å². The van der Waals surface area contributed by atoms with Crippen molar-refractivity contribution in [3.8, 4) is 0 Å². The van der Waals surface area contributed by atoms with Crippen LogP contribution in [-0.2, 0) is 6.42 Å². The van der Waals surface area contributed by atoms with Crippen LogP contribution in [-0.4, -0.2) is 24.3 Å². The Morgan fingerprint density at radius 2 is 2.00 bits per heavy atom. The Morgan fingerprint density at radius 3 is 2.71 bits per heavy atom. The molecule has 0 aliphatic carbocycles. The van der Waals surface area contributed by atoms with Gasteiger partial charge in [0, 0.05) is 18.8 Å². The molecular weight excluding hydrogens is 210 g/mol. The number of rotatable bonds is 3. The summed E-state index contributed by atoms with van der Waals surface area (Å²) in [5.74, 6) is 0. The zero-order valence-electron chi connectivity index (χ0n) is 11.1. The van der Waals surface area contributed by atoms with Crippen molar-refractivity contribution in [1.29, 1.82) is 0 Å². The molecule has 0 bridgehead atoms. The molecule has 94 valence electrons. The van der Waals surface area contributed by atoms with E-state index in [-0.39, 0.29) is 11.5 Å². The zero-order chi connectivity index (χ0) is 12.5. The molecule has 1 aromatic rings. The molecule has 17 heavy (non-hydrogen) atoms. The Kier molecular flexibility index (Phi) is 3.43. The van der Waals surface area contributed by atoms with Crippen LogP contribution in [0.1, 0.15) is 32.8 Å². The number of benzene rings is 1. The molecule has 0 aromatic heterocycles. The van der Waals surface area contributed by atoms with Crippen LogP contribution in [0.4, 0.5) is 5.69 Å². The fourth-order valence-corrected chi connectivity index (χ4v) is 2.35. The van der Waals surface area contributed by atoms with Gasteiger partial charge in [-0.15, -0.1) is 0 Å². The van der Waals surface area contributed by atoms with Crippen LogP contribution in [0.3, 0.4) is 0 Å². The fourth-order valence-electron chi connectivity index (χ4n) is 2.35. The van der Waals surface area contributed by atoms with E-state index in [4.69, 9.17) is 0 Å². The normalized spacial score (nSPS) is 17.1. The maximum atomic E-state index is 10.1. The minimum absolute atomic E-state index is 0.0146. The van der Waals surface area contributed by atoms with Gasteiger partial charge in [0.15, 0.2) is 0 Å². The van der Waals surface area contributed by atoms with Crippen LogP contribution < -0.4 is 4.90 Å². The fraction of sp³-hybridized carbons (Fsp3) is 0.600. The quantitative estimate of drug-likeness (QED) is 0.867. The van der Waals surface area contributed by atoms with Crippen LogP contribution in [0.2, 0.25) is 0 Å². The third kappa shape index (κ3) is 2.81. The summed E-state index contributed by atoms with van der Waals surface area (Å²) in [6, 6.07) is 8.59. The van der Waals surface area contributed by atoms with Crippen molar-refractivity contribution in [2.45, 2.75) is 39.7 Å². The number of anilines is 1. The summed E-state index contributed by atoms with van der Waals surface area (Å²) in [5.41, 5.74) is 2.78. The predicted octanol–water partition coefficient (Wildman–Crippen LogP) is 2.85. The maximum Gasteiger partial charge on any atom is 0.0605 e. The summed E-state index contributed by atoms with van der Waals surface area (Å²) in [4.78, 5) is 2.39. The molecule has 2 nitrogen and oxygen atoms in total. The number of hydrogen-bond donors (Lipinski definition) is 1. The van der Waals surface area contributed by atoms with Crippen molar-refractivity contribution in [3.05, 3.63) is 29.8 Å². The van der Waals surface area contributed by atoms with E-state index in [1.54, 1.807) is 0 Å². The first kappa shape index (κ1) is 12.4. The summed E-state index contributed by atoms with van der Waals surface area (Å²) in [7, 11) is 0. The largest absolute Gasteiger partial charge is 0.393 e. The van der Waals surface area contributed by atoms with Gasteiger partial charge in [0.05, 0.1) is 6.10 Å². The van der Waals surface area contributed by atoms with Gasteiger partial charge >= 0.3 is 0 Å². The number of hydrogen-bond acceptors (Lipinski definition) is 2. The number of fused-ring (bicyclic) bond motifs is 1. The molecule has 0 fully saturated rings. The highest BCUT2D eigenvalue weighted by Gasteiger charge is 2.24. The second-order valence-corrected chi connectivity index (χ2v) is 6.04. The van der Waals surface area contributed by atoms with Gasteiger partial charge in [-0.3, -0.25) is 0 Å². The molecule has 0 amide bonds. The van der Waals surface area contributed by atoms with Crippen molar-refractivity contribution < 1.29 is 5.11 Å². The van der Waals surface area contributed by atoms with Gasteiger partial charge in [0.25, 0.3) is 0 Å². The predicted molar refractivity (Wildman–Crippen MR) is 72.4 cm³/mol. The number of nitrogens with zero attached hydrogens (tertiary/aromatic N) is 1. The molecule has 1 aliphatic rings. The van der Waals surface area contributed by atoms with Crippen LogP contribution in [0.25, 0.3) is 0 Å². The van der Waals surface area contributed by atoms with E-state index in [0.29, 0.717) is 0 Å². The molecule has 0 radical (unpaired) electrons. The Morgan fingerprint density at radius 1 is 1.29 bits per heavy atom. The molecule has 2 heteroatoms. The SMILES string of the molecule is CC(C)(C)C(O)CCN1CCc2ccccc21. The minimum Gasteiger partial charge on any atom is -0.393 e. The lowest BCUT2D eigenvalue weighted by Gasteiger charge is -2.28. The van der Waals surface area contributed by atoms with E-state index in [2.05, 4.69) is 49.9 Å². The first-order valence-corrected chi connectivity index (χ1v) is 6.49. The lowest BCUT2D eigenvalue weighted by Crippen LogP contribution is -2.32. The number of para-hydroxylation sites is 1. The second kappa shape index (κ2) is 4.69. The first-order chi connectivity index (χ1) is 7.98. The van der Waals surface area contributed by atoms with Gasteiger partial charge in [0.2, 0.25) is 0 Å². The van der Waals surface area contributed by atoms with E-state index >= 15 is 0 Å². The Labute approximate surface area is 104 Å². The zero-order valence-corrected chi connectivity index (χ0v) is 11.1. The lowest BCUT2D eigenvalue weighted by molar-refractivity contribution is 0.0575. The van der Waals surface area contributed by atoms with E-state index in [1.165, 1.54) is 11.3 Å². The third-order valence-corrected chi connectivity index (χ3v) is 3.66. The van der Waals surface area contributed by atoms with Crippen LogP contribution >= 0.6 is 0 Å². The standard InChI is InChI=1S/C15H23NO/c1-15(2,3)14(17)9-11-16-10-8-12-6-4-5-7-13(12)16/h4-7,14,17H,8-11H2,1-3H3. The average Bonchev–Trinajstić information content (AvgIpc) is 2.68. The Hall–Kier alpha value is -1.02. The molecule has 1 atom stereocenters. The summed E-state index contributed by atoms with van der Waals surface area (Å²) in [6.07, 6.45) is 1.76. The molecule has 1 aromatic carbocycles. The Balaban J connectivity index is 1.94. The van der Waals surface area contributed by atoms with Crippen LogP contribution in [0.15, 0.2) is 24.3 Å². The van der Waals surface area contributed by atoms with Gasteiger partial charge in [-0.05, 0) is 29.9 Å². The van der Waals surface area contributed by atoms with Gasteiger partial charge in [-0.2, -0.15) is 0 Å². The molecule has 0 spiro atoms. The smallest absolute Gasteiger partial charge is 0.0605 e. The summed E-state index contributed by atoms with van der Waals surface area (Å²) in [5, 5.41) is 10.1. The molecule has 1 N–H and O–H groups in total. The highest BCUT2D eigenvalue weighted by atomic mass is 16.3. The van der Waals surface area contributed by atoms with Gasteiger partial charge in [0.1, 0.15) is 0 Å². The summed E-state index contributed by atoms with van der Waals surface area (Å²) in [6.45, 7) is 8.33. The number of aliphatic hydroxyl groups is 1. The van der Waals surface area contributed by atoms with Crippen molar-refractivity contribution in [2.75, 3.05) is 18.0 Å². The minimum atomic E-state index is -0.227. The van der Waals surface area contributed by atoms with E-state index in [1.807, 2.05) is 0 Å². The van der Waals surface area contributed by atoms with Crippen LogP contribution in [0, 0.1) is 5.41 Å². The molecular formula is C15H23NO. The van der Waals surface area contributed by atoms with Crippen molar-refractivity contribution >= 4 is 5.69 Å². The molecule has 1 heterocycles. The van der Waals surface area contributed by atoms with Crippen molar-refractivity contribution in [1.82, 2.24) is 0 Å². The van der Waals surface area contributed by atoms with Gasteiger partial charge in [-0.25, -0.2) is 0 Å². The highest BCUT2D eigenvalue weighted by molar-refractivity contribution is 5.57. The van der Waals surface area contributed by atoms with Crippen molar-refractivity contribution in [3.63, 3.8) is 0 Å². The van der Waals surface area contributed by atoms with E-state index in [9.17, 15) is 5.11 Å². The maximum absolute atomic E-state index is 10.1. The molecule has 1 unspecified atom stereocenters. The van der Waals surface area contributed by atoms with Crippen molar-refractivity contribution in [2.24, 2.45) is 5.41 Å². The first-order valence-electron chi connectivity index (χ1n) is 6.49. The third-order valence-electron chi connectivity index (χ3n) is 3.66. The van der Waals surface area contributed by atoms with Gasteiger partial charge < -0.3 is 10.0 Å². The van der Waals surface area contributed by atoms with Gasteiger partial charge in [-0.1, -0.05) is 39.0 Å². The van der Waals surface area contributed by atoms with E-state index < -0.39 is 0 Å². The monoisotopic (exact) mass is 233 g/mol. The summed E-state index contributed by atoms with van der Waals surface area (Å²) < 4.78 is 0. The lowest BCUT2D eigenvalue weighted by atomic mass is 9.87.